The molecule has 1 aromatic rings. The van der Waals surface area contributed by atoms with Crippen molar-refractivity contribution >= 4 is 15.8 Å². The van der Waals surface area contributed by atoms with Crippen molar-refractivity contribution in [3.05, 3.63) is 18.3 Å². The van der Waals surface area contributed by atoms with Gasteiger partial charge in [-0.2, -0.15) is 0 Å². The maximum Gasteiger partial charge on any atom is 0.244 e. The number of sulfonamides is 1. The van der Waals surface area contributed by atoms with Crippen LogP contribution in [0, 0.1) is 5.92 Å². The van der Waals surface area contributed by atoms with Crippen LogP contribution in [0.5, 0.6) is 0 Å². The first kappa shape index (κ1) is 13.3. The van der Waals surface area contributed by atoms with E-state index in [4.69, 9.17) is 5.73 Å². The van der Waals surface area contributed by atoms with Crippen molar-refractivity contribution in [1.29, 1.82) is 0 Å². The average Bonchev–Trinajstić information content (AvgIpc) is 2.32. The number of aromatic nitrogens is 1. The molecule has 2 rings (SSSR count). The second-order valence-electron chi connectivity index (χ2n) is 4.88. The van der Waals surface area contributed by atoms with Gasteiger partial charge in [0.05, 0.1) is 0 Å². The van der Waals surface area contributed by atoms with Crippen molar-refractivity contribution in [2.24, 2.45) is 5.92 Å². The molecular weight excluding hydrogens is 250 g/mol. The van der Waals surface area contributed by atoms with Crippen LogP contribution < -0.4 is 10.5 Å². The minimum atomic E-state index is -3.56. The first-order valence-corrected chi connectivity index (χ1v) is 7.72. The molecule has 6 heteroatoms. The molecule has 0 radical (unpaired) electrons. The number of hydrogen-bond donors (Lipinski definition) is 2. The van der Waals surface area contributed by atoms with Crippen molar-refractivity contribution in [3.63, 3.8) is 0 Å². The van der Waals surface area contributed by atoms with Gasteiger partial charge in [-0.25, -0.2) is 18.1 Å². The highest BCUT2D eigenvalue weighted by atomic mass is 32.2. The minimum Gasteiger partial charge on any atom is -0.383 e. The number of pyridine rings is 1. The molecular formula is C12H19N3O2S. The second kappa shape index (κ2) is 5.24. The number of rotatable bonds is 3. The molecule has 0 spiro atoms. The molecule has 2 unspecified atom stereocenters. The van der Waals surface area contributed by atoms with Crippen LogP contribution in [0.2, 0.25) is 0 Å². The molecule has 100 valence electrons. The number of nitrogens with one attached hydrogen (secondary N) is 1. The largest absolute Gasteiger partial charge is 0.383 e. The van der Waals surface area contributed by atoms with E-state index in [9.17, 15) is 8.42 Å². The Labute approximate surface area is 108 Å². The Morgan fingerprint density at radius 3 is 2.78 bits per heavy atom. The Morgan fingerprint density at radius 2 is 2.11 bits per heavy atom. The van der Waals surface area contributed by atoms with Gasteiger partial charge in [0.25, 0.3) is 0 Å². The van der Waals surface area contributed by atoms with E-state index in [0.29, 0.717) is 5.92 Å². The highest BCUT2D eigenvalue weighted by Crippen LogP contribution is 2.25. The van der Waals surface area contributed by atoms with Crippen LogP contribution in [-0.4, -0.2) is 19.4 Å². The maximum atomic E-state index is 12.2. The topological polar surface area (TPSA) is 85.1 Å². The number of hydrogen-bond acceptors (Lipinski definition) is 4. The van der Waals surface area contributed by atoms with Gasteiger partial charge in [-0.1, -0.05) is 19.8 Å². The standard InChI is InChI=1S/C12H19N3O2S/c1-9-5-2-3-6-10(9)15-18(16,17)11-7-4-8-14-12(11)13/h4,7-10,15H,2-3,5-6H2,1H3,(H2,13,14). The van der Waals surface area contributed by atoms with E-state index >= 15 is 0 Å². The molecule has 5 nitrogen and oxygen atoms in total. The lowest BCUT2D eigenvalue weighted by Crippen LogP contribution is -2.41. The second-order valence-corrected chi connectivity index (χ2v) is 6.56. The summed E-state index contributed by atoms with van der Waals surface area (Å²) in [4.78, 5) is 3.89. The van der Waals surface area contributed by atoms with Crippen LogP contribution in [0.4, 0.5) is 5.82 Å². The third-order valence-corrected chi connectivity index (χ3v) is 5.04. The van der Waals surface area contributed by atoms with Crippen LogP contribution in [0.1, 0.15) is 32.6 Å². The first-order chi connectivity index (χ1) is 8.50. The minimum absolute atomic E-state index is 0.00311. The molecule has 1 saturated carbocycles. The molecule has 1 aromatic heterocycles. The van der Waals surface area contributed by atoms with Gasteiger partial charge >= 0.3 is 0 Å². The van der Waals surface area contributed by atoms with Crippen molar-refractivity contribution in [3.8, 4) is 0 Å². The molecule has 1 heterocycles. The van der Waals surface area contributed by atoms with Gasteiger partial charge in [-0.3, -0.25) is 0 Å². The van der Waals surface area contributed by atoms with Gasteiger partial charge in [0, 0.05) is 12.2 Å². The van der Waals surface area contributed by atoms with Crippen LogP contribution >= 0.6 is 0 Å². The number of nitrogens with zero attached hydrogens (tertiary/aromatic N) is 1. The summed E-state index contributed by atoms with van der Waals surface area (Å²) < 4.78 is 27.2. The monoisotopic (exact) mass is 269 g/mol. The van der Waals surface area contributed by atoms with Crippen molar-refractivity contribution in [2.75, 3.05) is 5.73 Å². The fraction of sp³-hybridized carbons (Fsp3) is 0.583. The predicted molar refractivity (Wildman–Crippen MR) is 70.4 cm³/mol. The van der Waals surface area contributed by atoms with E-state index in [2.05, 4.69) is 16.6 Å². The molecule has 0 aliphatic heterocycles. The van der Waals surface area contributed by atoms with Crippen LogP contribution in [0.3, 0.4) is 0 Å². The highest BCUT2D eigenvalue weighted by molar-refractivity contribution is 7.89. The zero-order chi connectivity index (χ0) is 13.2. The summed E-state index contributed by atoms with van der Waals surface area (Å²) >= 11 is 0. The van der Waals surface area contributed by atoms with E-state index in [1.807, 2.05) is 0 Å². The third-order valence-electron chi connectivity index (χ3n) is 3.51. The first-order valence-electron chi connectivity index (χ1n) is 6.23. The van der Waals surface area contributed by atoms with E-state index in [-0.39, 0.29) is 16.8 Å². The summed E-state index contributed by atoms with van der Waals surface area (Å²) in [5.41, 5.74) is 5.62. The summed E-state index contributed by atoms with van der Waals surface area (Å²) in [6.45, 7) is 2.08. The van der Waals surface area contributed by atoms with Crippen molar-refractivity contribution < 1.29 is 8.42 Å². The predicted octanol–water partition coefficient (Wildman–Crippen LogP) is 1.52. The van der Waals surface area contributed by atoms with E-state index in [1.54, 1.807) is 6.07 Å². The smallest absolute Gasteiger partial charge is 0.244 e. The van der Waals surface area contributed by atoms with Crippen molar-refractivity contribution in [1.82, 2.24) is 9.71 Å². The zero-order valence-corrected chi connectivity index (χ0v) is 11.3. The summed E-state index contributed by atoms with van der Waals surface area (Å²) in [5.74, 6) is 0.417. The van der Waals surface area contributed by atoms with Crippen LogP contribution in [0.25, 0.3) is 0 Å². The Kier molecular flexibility index (Phi) is 3.87. The molecule has 0 bridgehead atoms. The van der Waals surface area contributed by atoms with E-state index < -0.39 is 10.0 Å². The fourth-order valence-electron chi connectivity index (χ4n) is 2.38. The summed E-state index contributed by atoms with van der Waals surface area (Å²) in [5, 5.41) is 0. The number of nitrogens with two attached hydrogens (primary N) is 1. The van der Waals surface area contributed by atoms with Crippen LogP contribution in [0.15, 0.2) is 23.2 Å². The van der Waals surface area contributed by atoms with E-state index in [1.165, 1.54) is 18.7 Å². The summed E-state index contributed by atoms with van der Waals surface area (Å²) in [7, 11) is -3.56. The Bertz CT molecular complexity index is 516. The molecule has 0 saturated heterocycles. The SMILES string of the molecule is CC1CCCCC1NS(=O)(=O)c1cccnc1N. The van der Waals surface area contributed by atoms with Gasteiger partial charge in [0.2, 0.25) is 10.0 Å². The third kappa shape index (κ3) is 2.81. The molecule has 0 aromatic carbocycles. The molecule has 2 atom stereocenters. The van der Waals surface area contributed by atoms with Gasteiger partial charge in [0.15, 0.2) is 0 Å². The molecule has 1 aliphatic carbocycles. The Balaban J connectivity index is 2.19. The lowest BCUT2D eigenvalue weighted by molar-refractivity contribution is 0.310. The number of nitrogen functional groups attached to an aromatic ring is 1. The quantitative estimate of drug-likeness (QED) is 0.871. The molecule has 0 amide bonds. The molecule has 18 heavy (non-hydrogen) atoms. The normalized spacial score (nSPS) is 24.9. The van der Waals surface area contributed by atoms with E-state index in [0.717, 1.165) is 19.3 Å². The fourth-order valence-corrected chi connectivity index (χ4v) is 3.85. The highest BCUT2D eigenvalue weighted by Gasteiger charge is 2.27. The molecule has 3 N–H and O–H groups in total. The molecule has 1 aliphatic rings. The van der Waals surface area contributed by atoms with Gasteiger partial charge < -0.3 is 5.73 Å². The average molecular weight is 269 g/mol. The Morgan fingerprint density at radius 1 is 1.39 bits per heavy atom. The lowest BCUT2D eigenvalue weighted by Gasteiger charge is -2.29. The van der Waals surface area contributed by atoms with Crippen LogP contribution in [-0.2, 0) is 10.0 Å². The molecule has 1 fully saturated rings. The number of anilines is 1. The summed E-state index contributed by atoms with van der Waals surface area (Å²) in [6, 6.07) is 3.07. The van der Waals surface area contributed by atoms with Gasteiger partial charge in [-0.05, 0) is 30.9 Å². The Hall–Kier alpha value is -1.14. The lowest BCUT2D eigenvalue weighted by atomic mass is 9.87. The maximum absolute atomic E-state index is 12.2. The van der Waals surface area contributed by atoms with Crippen molar-refractivity contribution in [2.45, 2.75) is 43.5 Å². The van der Waals surface area contributed by atoms with Gasteiger partial charge in [0.1, 0.15) is 10.7 Å². The summed E-state index contributed by atoms with van der Waals surface area (Å²) in [6.07, 6.45) is 5.68. The zero-order valence-electron chi connectivity index (χ0n) is 10.5. The van der Waals surface area contributed by atoms with Gasteiger partial charge in [-0.15, -0.1) is 0 Å².